The fourth-order valence-corrected chi connectivity index (χ4v) is 4.56. The molecule has 2 saturated heterocycles. The lowest BCUT2D eigenvalue weighted by Crippen LogP contribution is -2.55. The number of aromatic nitrogens is 1. The van der Waals surface area contributed by atoms with Gasteiger partial charge in [0.2, 0.25) is 5.91 Å². The summed E-state index contributed by atoms with van der Waals surface area (Å²) >= 11 is 0. The molecular weight excluding hydrogens is 371 g/mol. The first-order valence-electron chi connectivity index (χ1n) is 10.0. The minimum Gasteiger partial charge on any atom is -0.353 e. The summed E-state index contributed by atoms with van der Waals surface area (Å²) in [4.78, 5) is 20.8. The molecule has 0 bridgehead atoms. The number of amides is 1. The van der Waals surface area contributed by atoms with Crippen molar-refractivity contribution in [2.45, 2.75) is 50.4 Å². The highest BCUT2D eigenvalue weighted by molar-refractivity contribution is 5.83. The normalized spacial score (nSPS) is 28.8. The van der Waals surface area contributed by atoms with E-state index >= 15 is 0 Å². The van der Waals surface area contributed by atoms with Crippen molar-refractivity contribution in [1.82, 2.24) is 20.7 Å². The van der Waals surface area contributed by atoms with Gasteiger partial charge in [0.25, 0.3) is 0 Å². The van der Waals surface area contributed by atoms with Crippen LogP contribution in [-0.4, -0.2) is 54.1 Å². The zero-order chi connectivity index (χ0) is 19.7. The van der Waals surface area contributed by atoms with E-state index in [1.807, 2.05) is 9.80 Å². The monoisotopic (exact) mass is 397 g/mol. The van der Waals surface area contributed by atoms with E-state index in [0.717, 1.165) is 25.1 Å². The van der Waals surface area contributed by atoms with Gasteiger partial charge in [-0.25, -0.2) is 10.4 Å². The second-order valence-corrected chi connectivity index (χ2v) is 7.89. The Morgan fingerprint density at radius 2 is 1.79 bits per heavy atom. The smallest absolute Gasteiger partial charge is 0.353 e. The van der Waals surface area contributed by atoms with Gasteiger partial charge in [-0.1, -0.05) is 19.3 Å². The number of pyridine rings is 1. The van der Waals surface area contributed by atoms with Crippen LogP contribution in [0.4, 0.5) is 19.0 Å². The Morgan fingerprint density at radius 1 is 1.04 bits per heavy atom. The number of hydrogen-bond donors (Lipinski definition) is 2. The van der Waals surface area contributed by atoms with Gasteiger partial charge in [-0.3, -0.25) is 10.2 Å². The van der Waals surface area contributed by atoms with E-state index < -0.39 is 11.7 Å². The highest BCUT2D eigenvalue weighted by Crippen LogP contribution is 2.31. The lowest BCUT2D eigenvalue weighted by atomic mass is 9.89. The third kappa shape index (κ3) is 3.96. The fourth-order valence-electron chi connectivity index (χ4n) is 4.56. The van der Waals surface area contributed by atoms with Crippen LogP contribution in [0.25, 0.3) is 0 Å². The van der Waals surface area contributed by atoms with Crippen molar-refractivity contribution < 1.29 is 18.0 Å². The van der Waals surface area contributed by atoms with Crippen LogP contribution < -0.4 is 15.8 Å². The number of halogens is 3. The van der Waals surface area contributed by atoms with Crippen LogP contribution in [0.15, 0.2) is 18.3 Å². The Labute approximate surface area is 162 Å². The van der Waals surface area contributed by atoms with Gasteiger partial charge in [-0.2, -0.15) is 13.2 Å². The Kier molecular flexibility index (Phi) is 5.46. The first-order chi connectivity index (χ1) is 13.4. The first-order valence-corrected chi connectivity index (χ1v) is 10.0. The Bertz CT molecular complexity index is 688. The van der Waals surface area contributed by atoms with Gasteiger partial charge in [0.05, 0.1) is 5.56 Å². The number of alkyl halides is 3. The van der Waals surface area contributed by atoms with Crippen molar-refractivity contribution in [3.05, 3.63) is 23.9 Å². The van der Waals surface area contributed by atoms with E-state index in [4.69, 9.17) is 0 Å². The first kappa shape index (κ1) is 19.4. The maximum absolute atomic E-state index is 13.0. The molecule has 1 aromatic rings. The van der Waals surface area contributed by atoms with Gasteiger partial charge in [0, 0.05) is 44.3 Å². The minimum absolute atomic E-state index is 0.127. The number of nitrogens with one attached hydrogen (secondary N) is 2. The average Bonchev–Trinajstić information content (AvgIpc) is 2.95. The van der Waals surface area contributed by atoms with Crippen molar-refractivity contribution in [2.75, 3.05) is 31.1 Å². The molecule has 28 heavy (non-hydrogen) atoms. The van der Waals surface area contributed by atoms with Crippen LogP contribution in [0.3, 0.4) is 0 Å². The molecule has 1 saturated carbocycles. The number of nitrogens with zero attached hydrogens (tertiary/aromatic N) is 3. The molecule has 2 aliphatic heterocycles. The van der Waals surface area contributed by atoms with Crippen LogP contribution in [-0.2, 0) is 11.0 Å². The van der Waals surface area contributed by atoms with E-state index in [1.54, 1.807) is 0 Å². The summed E-state index contributed by atoms with van der Waals surface area (Å²) in [5.41, 5.74) is 5.78. The molecule has 0 radical (unpaired) electrons. The quantitative estimate of drug-likeness (QED) is 0.801. The predicted octanol–water partition coefficient (Wildman–Crippen LogP) is 2.17. The molecular formula is C19H26F3N5O. The maximum Gasteiger partial charge on any atom is 0.417 e. The van der Waals surface area contributed by atoms with Gasteiger partial charge < -0.3 is 9.80 Å². The zero-order valence-electron chi connectivity index (χ0n) is 15.7. The topological polar surface area (TPSA) is 60.5 Å². The summed E-state index contributed by atoms with van der Waals surface area (Å²) < 4.78 is 38.1. The molecule has 3 aliphatic rings. The third-order valence-corrected chi connectivity index (χ3v) is 6.18. The highest BCUT2D eigenvalue weighted by atomic mass is 19.4. The molecule has 1 aromatic heterocycles. The number of fused-ring (bicyclic) bond motifs is 1. The van der Waals surface area contributed by atoms with Gasteiger partial charge in [0.15, 0.2) is 0 Å². The summed E-state index contributed by atoms with van der Waals surface area (Å²) in [6, 6.07) is 2.65. The summed E-state index contributed by atoms with van der Waals surface area (Å²) in [5, 5.41) is 0. The number of carbonyl (C=O) groups is 1. The molecule has 3 atom stereocenters. The Balaban J connectivity index is 1.34. The van der Waals surface area contributed by atoms with Gasteiger partial charge in [0.1, 0.15) is 11.9 Å². The molecule has 3 fully saturated rings. The van der Waals surface area contributed by atoms with Crippen molar-refractivity contribution in [3.8, 4) is 0 Å². The van der Waals surface area contributed by atoms with Gasteiger partial charge in [-0.05, 0) is 25.0 Å². The molecule has 0 spiro atoms. The van der Waals surface area contributed by atoms with Crippen LogP contribution in [0.2, 0.25) is 0 Å². The Hall–Kier alpha value is -1.87. The number of rotatable bonds is 2. The van der Waals surface area contributed by atoms with Crippen LogP contribution in [0, 0.1) is 5.92 Å². The van der Waals surface area contributed by atoms with Crippen LogP contribution in [0.5, 0.6) is 0 Å². The summed E-state index contributed by atoms with van der Waals surface area (Å²) in [6.45, 7) is 2.24. The van der Waals surface area contributed by atoms with Crippen molar-refractivity contribution >= 4 is 11.7 Å². The third-order valence-electron chi connectivity index (χ3n) is 6.18. The lowest BCUT2D eigenvalue weighted by molar-refractivity contribution is -0.138. The lowest BCUT2D eigenvalue weighted by Gasteiger charge is -2.37. The van der Waals surface area contributed by atoms with E-state index in [0.29, 0.717) is 44.0 Å². The second kappa shape index (κ2) is 7.87. The molecule has 0 aromatic carbocycles. The minimum atomic E-state index is -4.38. The van der Waals surface area contributed by atoms with Crippen molar-refractivity contribution in [3.63, 3.8) is 0 Å². The molecule has 9 heteroatoms. The molecule has 2 N–H and O–H groups in total. The molecule has 4 rings (SSSR count). The van der Waals surface area contributed by atoms with Crippen molar-refractivity contribution in [2.24, 2.45) is 5.92 Å². The van der Waals surface area contributed by atoms with E-state index in [1.165, 1.54) is 25.3 Å². The summed E-state index contributed by atoms with van der Waals surface area (Å²) in [5.74, 6) is 0.983. The van der Waals surface area contributed by atoms with Crippen LogP contribution in [0.1, 0.15) is 37.7 Å². The average molecular weight is 397 g/mol. The maximum atomic E-state index is 13.0. The molecule has 3 heterocycles. The molecule has 154 valence electrons. The van der Waals surface area contributed by atoms with E-state index in [-0.39, 0.29) is 11.9 Å². The summed E-state index contributed by atoms with van der Waals surface area (Å²) in [7, 11) is 0. The molecule has 6 nitrogen and oxygen atoms in total. The van der Waals surface area contributed by atoms with E-state index in [9.17, 15) is 18.0 Å². The summed E-state index contributed by atoms with van der Waals surface area (Å²) in [6.07, 6.45) is 2.26. The highest BCUT2D eigenvalue weighted by Gasteiger charge is 2.42. The molecule has 1 amide bonds. The number of anilines is 1. The van der Waals surface area contributed by atoms with Gasteiger partial charge in [-0.15, -0.1) is 0 Å². The van der Waals surface area contributed by atoms with E-state index in [2.05, 4.69) is 15.8 Å². The standard InChI is InChI=1S/C19H26F3N5O/c20-19(21,22)13-6-7-16(23-12-13)26-8-10-27(11-9-26)18(28)17-14-4-2-1-3-5-15(14)24-25-17/h6-7,12,14-15,17,24-25H,1-5,8-11H2. The van der Waals surface area contributed by atoms with Gasteiger partial charge >= 0.3 is 6.18 Å². The fraction of sp³-hybridized carbons (Fsp3) is 0.684. The number of hydrogen-bond acceptors (Lipinski definition) is 5. The molecule has 1 aliphatic carbocycles. The second-order valence-electron chi connectivity index (χ2n) is 7.89. The Morgan fingerprint density at radius 3 is 2.46 bits per heavy atom. The SMILES string of the molecule is O=C(C1NNC2CCCCCC21)N1CCN(c2ccc(C(F)(F)F)cn2)CC1. The molecule has 3 unspecified atom stereocenters. The predicted molar refractivity (Wildman–Crippen MR) is 98.5 cm³/mol. The van der Waals surface area contributed by atoms with Crippen LogP contribution >= 0.6 is 0 Å². The number of carbonyl (C=O) groups excluding carboxylic acids is 1. The number of hydrazine groups is 1. The number of piperazine rings is 1. The largest absolute Gasteiger partial charge is 0.417 e. The zero-order valence-corrected chi connectivity index (χ0v) is 15.7. The van der Waals surface area contributed by atoms with Crippen molar-refractivity contribution in [1.29, 1.82) is 0 Å².